The quantitative estimate of drug-likeness (QED) is 0.730. The second kappa shape index (κ2) is 6.54. The Kier molecular flexibility index (Phi) is 4.34. The minimum absolute atomic E-state index is 0.0921. The molecule has 0 amide bonds. The summed E-state index contributed by atoms with van der Waals surface area (Å²) in [7, 11) is 0. The highest BCUT2D eigenvalue weighted by Gasteiger charge is 2.36. The molecule has 1 aromatic heterocycles. The molecule has 0 bridgehead atoms. The van der Waals surface area contributed by atoms with Gasteiger partial charge in [0.1, 0.15) is 0 Å². The van der Waals surface area contributed by atoms with E-state index < -0.39 is 5.92 Å². The van der Waals surface area contributed by atoms with E-state index in [4.69, 9.17) is 17.0 Å². The third kappa shape index (κ3) is 3.53. The summed E-state index contributed by atoms with van der Waals surface area (Å²) >= 11 is 6.33. The Morgan fingerprint density at radius 3 is 2.85 bits per heavy atom. The molecule has 2 aliphatic rings. The van der Waals surface area contributed by atoms with E-state index in [1.807, 2.05) is 10.9 Å². The second-order valence-electron chi connectivity index (χ2n) is 6.98. The molecule has 2 aromatic rings. The van der Waals surface area contributed by atoms with Gasteiger partial charge < -0.3 is 15.6 Å². The monoisotopic (exact) mass is 379 g/mol. The number of halogens is 3. The zero-order valence-corrected chi connectivity index (χ0v) is 14.9. The zero-order valence-electron chi connectivity index (χ0n) is 14.2. The first kappa shape index (κ1) is 17.3. The molecule has 0 unspecified atom stereocenters. The van der Waals surface area contributed by atoms with Crippen LogP contribution in [0.15, 0.2) is 24.5 Å². The van der Waals surface area contributed by atoms with Crippen molar-refractivity contribution in [3.05, 3.63) is 35.1 Å². The highest BCUT2D eigenvalue weighted by molar-refractivity contribution is 6.33. The molecule has 1 aliphatic carbocycles. The summed E-state index contributed by atoms with van der Waals surface area (Å²) in [5, 5.41) is 15.6. The van der Waals surface area contributed by atoms with Crippen molar-refractivity contribution in [3.8, 4) is 0 Å². The molecule has 1 saturated carbocycles. The van der Waals surface area contributed by atoms with E-state index in [9.17, 15) is 8.78 Å². The summed E-state index contributed by atoms with van der Waals surface area (Å²) in [4.78, 5) is 1.62. The third-order valence-electron chi connectivity index (χ3n) is 4.81. The fraction of sp³-hybridized carbons (Fsp3) is 0.444. The van der Waals surface area contributed by atoms with Crippen LogP contribution >= 0.6 is 11.6 Å². The number of rotatable bonds is 5. The summed E-state index contributed by atoms with van der Waals surface area (Å²) in [6.07, 6.45) is 7.47. The average Bonchev–Trinajstić information content (AvgIpc) is 3.35. The first-order valence-electron chi connectivity index (χ1n) is 8.73. The average molecular weight is 380 g/mol. The zero-order chi connectivity index (χ0) is 18.3. The lowest BCUT2D eigenvalue weighted by atomic mass is 10.1. The number of nitrogens with one attached hydrogen (secondary N) is 2. The first-order chi connectivity index (χ1) is 12.4. The molecule has 0 spiro atoms. The van der Waals surface area contributed by atoms with E-state index in [-0.39, 0.29) is 13.0 Å². The van der Waals surface area contributed by atoms with Crippen LogP contribution in [0.4, 0.5) is 25.8 Å². The molecule has 2 heterocycles. The molecular weight excluding hydrogens is 360 g/mol. The van der Waals surface area contributed by atoms with Gasteiger partial charge in [-0.25, -0.2) is 8.78 Å². The Hall–Kier alpha value is -2.15. The van der Waals surface area contributed by atoms with Crippen molar-refractivity contribution in [2.24, 2.45) is 0 Å². The highest BCUT2D eigenvalue weighted by atomic mass is 35.5. The minimum atomic E-state index is -2.71. The smallest absolute Gasteiger partial charge is 0.265 e. The van der Waals surface area contributed by atoms with Crippen molar-refractivity contribution in [1.29, 1.82) is 5.41 Å². The van der Waals surface area contributed by atoms with Crippen molar-refractivity contribution < 1.29 is 8.78 Å². The number of alkyl halides is 2. The predicted molar refractivity (Wildman–Crippen MR) is 99.5 cm³/mol. The molecule has 5 nitrogen and oxygen atoms in total. The van der Waals surface area contributed by atoms with Crippen LogP contribution in [0.3, 0.4) is 0 Å². The maximum absolute atomic E-state index is 13.8. The Balaban J connectivity index is 1.63. The van der Waals surface area contributed by atoms with E-state index >= 15 is 0 Å². The van der Waals surface area contributed by atoms with E-state index in [2.05, 4.69) is 10.4 Å². The number of hydrogen-bond acceptors (Lipinski definition) is 4. The fourth-order valence-corrected chi connectivity index (χ4v) is 3.61. The van der Waals surface area contributed by atoms with Crippen LogP contribution in [0.2, 0.25) is 5.02 Å². The van der Waals surface area contributed by atoms with Crippen molar-refractivity contribution in [2.45, 2.75) is 37.6 Å². The lowest BCUT2D eigenvalue weighted by Crippen LogP contribution is -2.42. The van der Waals surface area contributed by atoms with Gasteiger partial charge >= 0.3 is 0 Å². The fourth-order valence-electron chi connectivity index (χ4n) is 3.32. The molecule has 138 valence electrons. The SMILES string of the molecule is N=Cc1cc(Cl)c(N2CCCC(F)(F)C2)cc1Nc1cnn(C2CC2)c1. The molecule has 1 aliphatic heterocycles. The summed E-state index contributed by atoms with van der Waals surface area (Å²) in [5.74, 6) is -2.71. The Morgan fingerprint density at radius 2 is 2.15 bits per heavy atom. The largest absolute Gasteiger partial charge is 0.364 e. The summed E-state index contributed by atoms with van der Waals surface area (Å²) in [6.45, 7) is 0.202. The van der Waals surface area contributed by atoms with Gasteiger partial charge in [-0.3, -0.25) is 4.68 Å². The number of benzene rings is 1. The van der Waals surface area contributed by atoms with Gasteiger partial charge in [-0.15, -0.1) is 0 Å². The van der Waals surface area contributed by atoms with Crippen LogP contribution in [0, 0.1) is 5.41 Å². The molecule has 0 atom stereocenters. The van der Waals surface area contributed by atoms with Crippen LogP contribution in [-0.4, -0.2) is 35.0 Å². The highest BCUT2D eigenvalue weighted by Crippen LogP contribution is 2.38. The summed E-state index contributed by atoms with van der Waals surface area (Å²) in [6, 6.07) is 3.87. The van der Waals surface area contributed by atoms with Crippen LogP contribution in [-0.2, 0) is 0 Å². The standard InChI is InChI=1S/C18H20ClF2N5/c19-15-6-12(8-22)16(24-13-9-23-26(10-13)14-2-3-14)7-17(15)25-5-1-4-18(20,21)11-25/h6-10,14,22,24H,1-5,11H2. The molecule has 2 N–H and O–H groups in total. The molecule has 0 radical (unpaired) electrons. The Morgan fingerprint density at radius 1 is 1.35 bits per heavy atom. The summed E-state index contributed by atoms with van der Waals surface area (Å²) < 4.78 is 29.5. The molecule has 1 aromatic carbocycles. The molecular formula is C18H20ClF2N5. The van der Waals surface area contributed by atoms with Crippen molar-refractivity contribution in [3.63, 3.8) is 0 Å². The van der Waals surface area contributed by atoms with Gasteiger partial charge in [0.15, 0.2) is 0 Å². The van der Waals surface area contributed by atoms with Crippen LogP contribution in [0.5, 0.6) is 0 Å². The van der Waals surface area contributed by atoms with Gasteiger partial charge in [0.05, 0.1) is 35.2 Å². The molecule has 8 heteroatoms. The van der Waals surface area contributed by atoms with Gasteiger partial charge in [0.2, 0.25) is 0 Å². The van der Waals surface area contributed by atoms with Gasteiger partial charge in [-0.2, -0.15) is 5.10 Å². The Labute approximate surface area is 155 Å². The number of nitrogens with zero attached hydrogens (tertiary/aromatic N) is 3. The van der Waals surface area contributed by atoms with Crippen LogP contribution in [0.1, 0.15) is 37.3 Å². The van der Waals surface area contributed by atoms with Crippen molar-refractivity contribution in [2.75, 3.05) is 23.3 Å². The lowest BCUT2D eigenvalue weighted by molar-refractivity contribution is -0.0116. The topological polar surface area (TPSA) is 56.9 Å². The minimum Gasteiger partial charge on any atom is -0.364 e. The van der Waals surface area contributed by atoms with E-state index in [1.54, 1.807) is 23.2 Å². The van der Waals surface area contributed by atoms with Crippen LogP contribution in [0.25, 0.3) is 0 Å². The number of anilines is 3. The number of hydrogen-bond donors (Lipinski definition) is 2. The van der Waals surface area contributed by atoms with E-state index in [0.717, 1.165) is 18.5 Å². The van der Waals surface area contributed by atoms with Gasteiger partial charge in [0, 0.05) is 36.6 Å². The van der Waals surface area contributed by atoms with Crippen molar-refractivity contribution >= 4 is 34.9 Å². The maximum atomic E-state index is 13.8. The first-order valence-corrected chi connectivity index (χ1v) is 9.11. The third-order valence-corrected chi connectivity index (χ3v) is 5.11. The molecule has 26 heavy (non-hydrogen) atoms. The van der Waals surface area contributed by atoms with Crippen molar-refractivity contribution in [1.82, 2.24) is 9.78 Å². The van der Waals surface area contributed by atoms with Gasteiger partial charge in [-0.1, -0.05) is 11.6 Å². The number of piperidine rings is 1. The molecule has 1 saturated heterocycles. The second-order valence-corrected chi connectivity index (χ2v) is 7.39. The summed E-state index contributed by atoms with van der Waals surface area (Å²) in [5.41, 5.74) is 2.62. The van der Waals surface area contributed by atoms with E-state index in [1.165, 1.54) is 6.21 Å². The van der Waals surface area contributed by atoms with E-state index in [0.29, 0.717) is 41.0 Å². The normalized spacial score (nSPS) is 19.4. The van der Waals surface area contributed by atoms with Crippen LogP contribution < -0.4 is 10.2 Å². The number of aromatic nitrogens is 2. The molecule has 2 fully saturated rings. The maximum Gasteiger partial charge on any atom is 0.265 e. The molecule has 4 rings (SSSR count). The van der Waals surface area contributed by atoms with Gasteiger partial charge in [0.25, 0.3) is 5.92 Å². The predicted octanol–water partition coefficient (Wildman–Crippen LogP) is 4.85. The van der Waals surface area contributed by atoms with Gasteiger partial charge in [-0.05, 0) is 31.4 Å². The Bertz CT molecular complexity index is 831. The lowest BCUT2D eigenvalue weighted by Gasteiger charge is -2.35.